The predicted molar refractivity (Wildman–Crippen MR) is 118 cm³/mol. The standard InChI is InChI=1S/C20H20N4O2S2/c1-2-26-16-10-8-15(9-11-16)22-20(27)24-23-18(25)13-28-17-7-3-5-14-6-4-12-21-19(14)17/h3-12H,2,13H2,1H3,(H,23,25)(H2,22,24,27). The quantitative estimate of drug-likeness (QED) is 0.323. The average Bonchev–Trinajstić information content (AvgIpc) is 2.72. The molecule has 0 aliphatic rings. The highest BCUT2D eigenvalue weighted by Crippen LogP contribution is 2.25. The molecule has 0 aliphatic heterocycles. The molecule has 0 fully saturated rings. The summed E-state index contributed by atoms with van der Waals surface area (Å²) >= 11 is 6.62. The molecule has 0 radical (unpaired) electrons. The maximum atomic E-state index is 12.1. The average molecular weight is 413 g/mol. The van der Waals surface area contributed by atoms with Gasteiger partial charge in [-0.3, -0.25) is 20.6 Å². The number of hydrazine groups is 1. The molecule has 6 nitrogen and oxygen atoms in total. The van der Waals surface area contributed by atoms with Crippen molar-refractivity contribution in [3.05, 3.63) is 60.8 Å². The van der Waals surface area contributed by atoms with E-state index in [2.05, 4.69) is 21.2 Å². The first kappa shape index (κ1) is 19.9. The van der Waals surface area contributed by atoms with E-state index in [0.717, 1.165) is 27.2 Å². The van der Waals surface area contributed by atoms with E-state index in [4.69, 9.17) is 17.0 Å². The summed E-state index contributed by atoms with van der Waals surface area (Å²) in [6, 6.07) is 17.2. The number of aromatic nitrogens is 1. The van der Waals surface area contributed by atoms with Crippen LogP contribution in [0.3, 0.4) is 0 Å². The molecule has 0 bridgehead atoms. The van der Waals surface area contributed by atoms with Crippen LogP contribution in [0.1, 0.15) is 6.92 Å². The fraction of sp³-hybridized carbons (Fsp3) is 0.150. The summed E-state index contributed by atoms with van der Waals surface area (Å²) in [5.41, 5.74) is 6.99. The van der Waals surface area contributed by atoms with Crippen molar-refractivity contribution < 1.29 is 9.53 Å². The van der Waals surface area contributed by atoms with Gasteiger partial charge in [0.1, 0.15) is 5.75 Å². The summed E-state index contributed by atoms with van der Waals surface area (Å²) in [5, 5.41) is 4.35. The molecule has 0 unspecified atom stereocenters. The van der Waals surface area contributed by atoms with Crippen molar-refractivity contribution in [1.82, 2.24) is 15.8 Å². The van der Waals surface area contributed by atoms with Crippen LogP contribution in [0, 0.1) is 0 Å². The minimum absolute atomic E-state index is 0.186. The predicted octanol–water partition coefficient (Wildman–Crippen LogP) is 3.74. The van der Waals surface area contributed by atoms with Crippen LogP contribution in [0.4, 0.5) is 5.69 Å². The van der Waals surface area contributed by atoms with Gasteiger partial charge in [0, 0.05) is 22.2 Å². The number of carbonyl (C=O) groups excluding carboxylic acids is 1. The summed E-state index contributed by atoms with van der Waals surface area (Å²) in [4.78, 5) is 17.5. The third kappa shape index (κ3) is 5.58. The third-order valence-electron chi connectivity index (χ3n) is 3.69. The molecule has 1 aromatic heterocycles. The van der Waals surface area contributed by atoms with E-state index in [9.17, 15) is 4.79 Å². The first-order valence-electron chi connectivity index (χ1n) is 8.71. The molecule has 3 aromatic rings. The largest absolute Gasteiger partial charge is 0.494 e. The fourth-order valence-corrected chi connectivity index (χ4v) is 3.47. The van der Waals surface area contributed by atoms with Crippen molar-refractivity contribution in [1.29, 1.82) is 0 Å². The maximum absolute atomic E-state index is 12.1. The molecule has 0 atom stereocenters. The molecule has 144 valence electrons. The first-order chi connectivity index (χ1) is 13.7. The van der Waals surface area contributed by atoms with Gasteiger partial charge < -0.3 is 10.1 Å². The Morgan fingerprint density at radius 3 is 2.68 bits per heavy atom. The number of para-hydroxylation sites is 1. The van der Waals surface area contributed by atoms with Gasteiger partial charge in [-0.2, -0.15) is 0 Å². The fourth-order valence-electron chi connectivity index (χ4n) is 2.46. The van der Waals surface area contributed by atoms with Crippen molar-refractivity contribution in [2.45, 2.75) is 11.8 Å². The van der Waals surface area contributed by atoms with Crippen LogP contribution in [0.25, 0.3) is 10.9 Å². The van der Waals surface area contributed by atoms with Gasteiger partial charge in [-0.25, -0.2) is 0 Å². The van der Waals surface area contributed by atoms with E-state index in [1.54, 1.807) is 6.20 Å². The SMILES string of the molecule is CCOc1ccc(NC(=S)NNC(=O)CSc2cccc3cccnc23)cc1. The lowest BCUT2D eigenvalue weighted by Crippen LogP contribution is -2.44. The highest BCUT2D eigenvalue weighted by molar-refractivity contribution is 8.00. The Balaban J connectivity index is 1.45. The van der Waals surface area contributed by atoms with E-state index in [1.165, 1.54) is 11.8 Å². The Labute approximate surface area is 173 Å². The van der Waals surface area contributed by atoms with Gasteiger partial charge >= 0.3 is 0 Å². The highest BCUT2D eigenvalue weighted by Gasteiger charge is 2.07. The lowest BCUT2D eigenvalue weighted by molar-refractivity contribution is -0.119. The molecule has 0 spiro atoms. The molecule has 0 saturated heterocycles. The van der Waals surface area contributed by atoms with Crippen molar-refractivity contribution in [2.75, 3.05) is 17.7 Å². The second-order valence-electron chi connectivity index (χ2n) is 5.70. The second-order valence-corrected chi connectivity index (χ2v) is 7.13. The minimum Gasteiger partial charge on any atom is -0.494 e. The molecule has 1 heterocycles. The first-order valence-corrected chi connectivity index (χ1v) is 10.1. The lowest BCUT2D eigenvalue weighted by atomic mass is 10.2. The number of amides is 1. The Kier molecular flexibility index (Phi) is 7.05. The molecule has 3 rings (SSSR count). The van der Waals surface area contributed by atoms with Crippen LogP contribution in [0.2, 0.25) is 0 Å². The van der Waals surface area contributed by atoms with Gasteiger partial charge in [-0.05, 0) is 55.5 Å². The Morgan fingerprint density at radius 1 is 1.11 bits per heavy atom. The number of thiocarbonyl (C=S) groups is 1. The topological polar surface area (TPSA) is 75.3 Å². The smallest absolute Gasteiger partial charge is 0.248 e. The van der Waals surface area contributed by atoms with E-state index >= 15 is 0 Å². The summed E-state index contributed by atoms with van der Waals surface area (Å²) < 4.78 is 5.39. The number of ether oxygens (including phenoxy) is 1. The summed E-state index contributed by atoms with van der Waals surface area (Å²) in [6.07, 6.45) is 1.75. The summed E-state index contributed by atoms with van der Waals surface area (Å²) in [7, 11) is 0. The number of carbonyl (C=O) groups is 1. The van der Waals surface area contributed by atoms with Gasteiger partial charge in [0.2, 0.25) is 5.91 Å². The lowest BCUT2D eigenvalue weighted by Gasteiger charge is -2.12. The van der Waals surface area contributed by atoms with E-state index < -0.39 is 0 Å². The Hall–Kier alpha value is -2.84. The number of anilines is 1. The third-order valence-corrected chi connectivity index (χ3v) is 4.94. The zero-order valence-corrected chi connectivity index (χ0v) is 16.9. The number of fused-ring (bicyclic) bond motifs is 1. The second kappa shape index (κ2) is 9.91. The van der Waals surface area contributed by atoms with Crippen LogP contribution in [0.15, 0.2) is 65.7 Å². The van der Waals surface area contributed by atoms with Crippen molar-refractivity contribution in [3.8, 4) is 5.75 Å². The van der Waals surface area contributed by atoms with Gasteiger partial charge in [0.25, 0.3) is 0 Å². The number of benzene rings is 2. The van der Waals surface area contributed by atoms with Crippen LogP contribution in [-0.4, -0.2) is 28.4 Å². The van der Waals surface area contributed by atoms with Gasteiger partial charge in [-0.1, -0.05) is 18.2 Å². The van der Waals surface area contributed by atoms with Crippen molar-refractivity contribution in [2.24, 2.45) is 0 Å². The summed E-state index contributed by atoms with van der Waals surface area (Å²) in [6.45, 7) is 2.55. The normalized spacial score (nSPS) is 10.3. The number of nitrogens with one attached hydrogen (secondary N) is 3. The van der Waals surface area contributed by atoms with E-state index in [1.807, 2.05) is 61.5 Å². The van der Waals surface area contributed by atoms with Crippen LogP contribution < -0.4 is 20.9 Å². The van der Waals surface area contributed by atoms with Crippen LogP contribution >= 0.6 is 24.0 Å². The van der Waals surface area contributed by atoms with Gasteiger partial charge in [0.05, 0.1) is 17.9 Å². The highest BCUT2D eigenvalue weighted by atomic mass is 32.2. The molecule has 1 amide bonds. The molecule has 28 heavy (non-hydrogen) atoms. The number of rotatable bonds is 6. The zero-order valence-electron chi connectivity index (χ0n) is 15.3. The van der Waals surface area contributed by atoms with Crippen LogP contribution in [-0.2, 0) is 4.79 Å². The molecule has 8 heteroatoms. The molecular weight excluding hydrogens is 392 g/mol. The van der Waals surface area contributed by atoms with E-state index in [0.29, 0.717) is 11.7 Å². The molecular formula is C20H20N4O2S2. The number of pyridine rings is 1. The number of hydrogen-bond donors (Lipinski definition) is 3. The Bertz CT molecular complexity index is 959. The molecule has 2 aromatic carbocycles. The number of thioether (sulfide) groups is 1. The monoisotopic (exact) mass is 412 g/mol. The molecule has 0 aliphatic carbocycles. The maximum Gasteiger partial charge on any atom is 0.248 e. The van der Waals surface area contributed by atoms with Crippen molar-refractivity contribution in [3.63, 3.8) is 0 Å². The van der Waals surface area contributed by atoms with Gasteiger partial charge in [-0.15, -0.1) is 11.8 Å². The van der Waals surface area contributed by atoms with Gasteiger partial charge in [0.15, 0.2) is 5.11 Å². The summed E-state index contributed by atoms with van der Waals surface area (Å²) in [5.74, 6) is 0.850. The molecule has 0 saturated carbocycles. The number of nitrogens with zero attached hydrogens (tertiary/aromatic N) is 1. The van der Waals surface area contributed by atoms with Crippen LogP contribution in [0.5, 0.6) is 5.75 Å². The van der Waals surface area contributed by atoms with E-state index in [-0.39, 0.29) is 11.7 Å². The minimum atomic E-state index is -0.186. The van der Waals surface area contributed by atoms with Crippen molar-refractivity contribution >= 4 is 51.6 Å². The Morgan fingerprint density at radius 2 is 1.89 bits per heavy atom. The molecule has 3 N–H and O–H groups in total. The number of hydrogen-bond acceptors (Lipinski definition) is 5. The zero-order chi connectivity index (χ0) is 19.8.